The lowest BCUT2D eigenvalue weighted by atomic mass is 10.2. The first-order valence-corrected chi connectivity index (χ1v) is 6.77. The van der Waals surface area contributed by atoms with Crippen LogP contribution in [-0.2, 0) is 6.42 Å². The van der Waals surface area contributed by atoms with Gasteiger partial charge in [-0.05, 0) is 38.4 Å². The maximum Gasteiger partial charge on any atom is 0.227 e. The Morgan fingerprint density at radius 2 is 2.26 bits per heavy atom. The summed E-state index contributed by atoms with van der Waals surface area (Å²) in [7, 11) is 0. The minimum absolute atomic E-state index is 0.463. The Bertz CT molecular complexity index is 483. The number of pyridine rings is 1. The van der Waals surface area contributed by atoms with E-state index in [-0.39, 0.29) is 0 Å². The molecule has 1 N–H and O–H groups in total. The fourth-order valence-electron chi connectivity index (χ4n) is 1.79. The van der Waals surface area contributed by atoms with E-state index in [9.17, 15) is 0 Å². The smallest absolute Gasteiger partial charge is 0.227 e. The standard InChI is InChI=1S/C14H20N4O/c1-3-9-15-11(2)7-8-13-17-14(18-19-13)12-6-4-5-10-16-12/h4-6,10-11,15H,3,7-9H2,1-2H3. The van der Waals surface area contributed by atoms with Crippen molar-refractivity contribution in [1.82, 2.24) is 20.4 Å². The van der Waals surface area contributed by atoms with Gasteiger partial charge in [-0.25, -0.2) is 0 Å². The quantitative estimate of drug-likeness (QED) is 0.828. The monoisotopic (exact) mass is 260 g/mol. The Morgan fingerprint density at radius 1 is 1.37 bits per heavy atom. The molecule has 2 heterocycles. The number of hydrogen-bond donors (Lipinski definition) is 1. The first-order valence-electron chi connectivity index (χ1n) is 6.77. The second kappa shape index (κ2) is 6.99. The highest BCUT2D eigenvalue weighted by Crippen LogP contribution is 2.13. The Balaban J connectivity index is 1.88. The van der Waals surface area contributed by atoms with Crippen molar-refractivity contribution >= 4 is 0 Å². The maximum atomic E-state index is 5.25. The molecule has 0 radical (unpaired) electrons. The molecule has 19 heavy (non-hydrogen) atoms. The molecular weight excluding hydrogens is 240 g/mol. The summed E-state index contributed by atoms with van der Waals surface area (Å²) in [4.78, 5) is 8.57. The van der Waals surface area contributed by atoms with E-state index in [2.05, 4.69) is 34.3 Å². The van der Waals surface area contributed by atoms with E-state index in [0.29, 0.717) is 17.8 Å². The van der Waals surface area contributed by atoms with E-state index < -0.39 is 0 Å². The van der Waals surface area contributed by atoms with Crippen LogP contribution in [0.25, 0.3) is 11.5 Å². The average molecular weight is 260 g/mol. The van der Waals surface area contributed by atoms with Crippen LogP contribution in [0.2, 0.25) is 0 Å². The van der Waals surface area contributed by atoms with Gasteiger partial charge in [-0.3, -0.25) is 4.98 Å². The van der Waals surface area contributed by atoms with Crippen molar-refractivity contribution in [3.8, 4) is 11.5 Å². The molecule has 5 nitrogen and oxygen atoms in total. The van der Waals surface area contributed by atoms with Crippen LogP contribution in [0.15, 0.2) is 28.9 Å². The Labute approximate surface area is 113 Å². The SMILES string of the molecule is CCCNC(C)CCc1nc(-c2ccccn2)no1. The molecule has 0 saturated heterocycles. The van der Waals surface area contributed by atoms with Gasteiger partial charge >= 0.3 is 0 Å². The van der Waals surface area contributed by atoms with Crippen molar-refractivity contribution in [2.45, 2.75) is 39.2 Å². The number of nitrogens with one attached hydrogen (secondary N) is 1. The topological polar surface area (TPSA) is 63.8 Å². The molecule has 102 valence electrons. The fourth-order valence-corrected chi connectivity index (χ4v) is 1.79. The Kier molecular flexibility index (Phi) is 5.03. The summed E-state index contributed by atoms with van der Waals surface area (Å²) in [6.07, 6.45) is 4.65. The molecule has 0 aliphatic carbocycles. The molecule has 0 amide bonds. The van der Waals surface area contributed by atoms with Crippen LogP contribution in [0.4, 0.5) is 0 Å². The third kappa shape index (κ3) is 4.13. The highest BCUT2D eigenvalue weighted by atomic mass is 16.5. The first-order chi connectivity index (χ1) is 9.29. The van der Waals surface area contributed by atoms with Crippen molar-refractivity contribution in [2.24, 2.45) is 0 Å². The normalized spacial score (nSPS) is 12.5. The predicted molar refractivity (Wildman–Crippen MR) is 73.6 cm³/mol. The minimum atomic E-state index is 0.463. The van der Waals surface area contributed by atoms with Gasteiger partial charge in [0.05, 0.1) is 0 Å². The van der Waals surface area contributed by atoms with Crippen LogP contribution in [0, 0.1) is 0 Å². The van der Waals surface area contributed by atoms with Gasteiger partial charge in [0.1, 0.15) is 5.69 Å². The van der Waals surface area contributed by atoms with Crippen LogP contribution >= 0.6 is 0 Å². The zero-order valence-electron chi connectivity index (χ0n) is 11.5. The summed E-state index contributed by atoms with van der Waals surface area (Å²) >= 11 is 0. The van der Waals surface area contributed by atoms with Gasteiger partial charge in [0.25, 0.3) is 0 Å². The third-order valence-electron chi connectivity index (χ3n) is 2.90. The van der Waals surface area contributed by atoms with Crippen molar-refractivity contribution < 1.29 is 4.52 Å². The average Bonchev–Trinajstić information content (AvgIpc) is 2.93. The number of aryl methyl sites for hydroxylation is 1. The van der Waals surface area contributed by atoms with Crippen LogP contribution in [0.5, 0.6) is 0 Å². The highest BCUT2D eigenvalue weighted by Gasteiger charge is 2.10. The zero-order valence-corrected chi connectivity index (χ0v) is 11.5. The van der Waals surface area contributed by atoms with E-state index in [1.165, 1.54) is 0 Å². The summed E-state index contributed by atoms with van der Waals surface area (Å²) in [5, 5.41) is 7.40. The molecule has 2 aromatic heterocycles. The highest BCUT2D eigenvalue weighted by molar-refractivity contribution is 5.46. The van der Waals surface area contributed by atoms with Crippen molar-refractivity contribution in [1.29, 1.82) is 0 Å². The summed E-state index contributed by atoms with van der Waals surface area (Å²) in [5.41, 5.74) is 0.745. The lowest BCUT2D eigenvalue weighted by molar-refractivity contribution is 0.367. The summed E-state index contributed by atoms with van der Waals surface area (Å²) < 4.78 is 5.25. The van der Waals surface area contributed by atoms with Gasteiger partial charge in [-0.15, -0.1) is 0 Å². The second-order valence-electron chi connectivity index (χ2n) is 4.62. The lowest BCUT2D eigenvalue weighted by Crippen LogP contribution is -2.27. The number of rotatable bonds is 7. The largest absolute Gasteiger partial charge is 0.339 e. The molecule has 0 spiro atoms. The zero-order chi connectivity index (χ0) is 13.5. The van der Waals surface area contributed by atoms with E-state index in [0.717, 1.165) is 31.5 Å². The number of nitrogens with zero attached hydrogens (tertiary/aromatic N) is 3. The number of hydrogen-bond acceptors (Lipinski definition) is 5. The van der Waals surface area contributed by atoms with E-state index >= 15 is 0 Å². The van der Waals surface area contributed by atoms with Gasteiger partial charge in [0.2, 0.25) is 11.7 Å². The van der Waals surface area contributed by atoms with Crippen LogP contribution in [0.3, 0.4) is 0 Å². The predicted octanol–water partition coefficient (Wildman–Crippen LogP) is 2.45. The van der Waals surface area contributed by atoms with Crippen molar-refractivity contribution in [2.75, 3.05) is 6.54 Å². The fraction of sp³-hybridized carbons (Fsp3) is 0.500. The van der Waals surface area contributed by atoms with Gasteiger partial charge in [-0.1, -0.05) is 18.1 Å². The molecule has 0 aliphatic rings. The molecular formula is C14H20N4O. The maximum absolute atomic E-state index is 5.25. The molecule has 1 unspecified atom stereocenters. The molecule has 1 atom stereocenters. The van der Waals surface area contributed by atoms with Crippen LogP contribution < -0.4 is 5.32 Å². The van der Waals surface area contributed by atoms with Gasteiger partial charge in [0, 0.05) is 18.7 Å². The molecule has 0 fully saturated rings. The van der Waals surface area contributed by atoms with E-state index in [4.69, 9.17) is 4.52 Å². The summed E-state index contributed by atoms with van der Waals surface area (Å²) in [6.45, 7) is 5.38. The van der Waals surface area contributed by atoms with Crippen LogP contribution in [0.1, 0.15) is 32.6 Å². The van der Waals surface area contributed by atoms with Crippen molar-refractivity contribution in [3.05, 3.63) is 30.3 Å². The third-order valence-corrected chi connectivity index (χ3v) is 2.90. The Hall–Kier alpha value is -1.75. The van der Waals surface area contributed by atoms with Gasteiger partial charge in [-0.2, -0.15) is 4.98 Å². The molecule has 0 aromatic carbocycles. The molecule has 2 aromatic rings. The summed E-state index contributed by atoms with van der Waals surface area (Å²) in [6, 6.07) is 6.12. The molecule has 0 saturated carbocycles. The minimum Gasteiger partial charge on any atom is -0.339 e. The second-order valence-corrected chi connectivity index (χ2v) is 4.62. The Morgan fingerprint density at radius 3 is 3.00 bits per heavy atom. The number of aromatic nitrogens is 3. The van der Waals surface area contributed by atoms with Crippen LogP contribution in [-0.4, -0.2) is 27.7 Å². The van der Waals surface area contributed by atoms with Gasteiger partial charge in [0.15, 0.2) is 0 Å². The molecule has 5 heteroatoms. The van der Waals surface area contributed by atoms with E-state index in [1.54, 1.807) is 6.20 Å². The summed E-state index contributed by atoms with van der Waals surface area (Å²) in [5.74, 6) is 1.23. The molecule has 0 aliphatic heterocycles. The molecule has 0 bridgehead atoms. The lowest BCUT2D eigenvalue weighted by Gasteiger charge is -2.10. The van der Waals surface area contributed by atoms with Crippen molar-refractivity contribution in [3.63, 3.8) is 0 Å². The van der Waals surface area contributed by atoms with E-state index in [1.807, 2.05) is 18.2 Å². The first kappa shape index (κ1) is 13.7. The molecule has 2 rings (SSSR count). The van der Waals surface area contributed by atoms with Gasteiger partial charge < -0.3 is 9.84 Å².